The molecule has 0 aliphatic heterocycles. The molecule has 0 aliphatic rings. The Morgan fingerprint density at radius 1 is 1.53 bits per heavy atom. The standard InChI is InChI=1S/C10H14ClN3O2.ClH/c1-10(2,3)16-9(15)6-4-7(11)8(14-12)13-5-6;/h4-5H,12H2,1-3H3,(H,13,14);1H. The molecule has 0 aliphatic carbocycles. The van der Waals surface area contributed by atoms with Gasteiger partial charge in [0.05, 0.1) is 10.6 Å². The van der Waals surface area contributed by atoms with E-state index in [2.05, 4.69) is 10.4 Å². The van der Waals surface area contributed by atoms with Crippen LogP contribution in [0.4, 0.5) is 5.82 Å². The fraction of sp³-hybridized carbons (Fsp3) is 0.400. The van der Waals surface area contributed by atoms with Gasteiger partial charge in [0.25, 0.3) is 0 Å². The van der Waals surface area contributed by atoms with E-state index in [4.69, 9.17) is 22.2 Å². The number of ether oxygens (including phenoxy) is 1. The van der Waals surface area contributed by atoms with Crippen LogP contribution in [0.3, 0.4) is 0 Å². The maximum Gasteiger partial charge on any atom is 0.340 e. The van der Waals surface area contributed by atoms with Crippen LogP contribution in [0.5, 0.6) is 0 Å². The summed E-state index contributed by atoms with van der Waals surface area (Å²) in [6.45, 7) is 5.36. The highest BCUT2D eigenvalue weighted by Crippen LogP contribution is 2.20. The molecule has 7 heteroatoms. The van der Waals surface area contributed by atoms with E-state index in [9.17, 15) is 4.79 Å². The van der Waals surface area contributed by atoms with Gasteiger partial charge in [0.2, 0.25) is 0 Å². The van der Waals surface area contributed by atoms with Gasteiger partial charge in [-0.15, -0.1) is 12.4 Å². The normalized spacial score (nSPS) is 10.4. The number of carbonyl (C=O) groups excluding carboxylic acids is 1. The van der Waals surface area contributed by atoms with Crippen molar-refractivity contribution in [1.82, 2.24) is 4.98 Å². The van der Waals surface area contributed by atoms with Crippen LogP contribution in [0.2, 0.25) is 5.02 Å². The summed E-state index contributed by atoms with van der Waals surface area (Å²) in [5.41, 5.74) is 2.06. The molecule has 0 saturated heterocycles. The van der Waals surface area contributed by atoms with Crippen molar-refractivity contribution < 1.29 is 9.53 Å². The van der Waals surface area contributed by atoms with Crippen molar-refractivity contribution in [3.05, 3.63) is 22.8 Å². The van der Waals surface area contributed by atoms with E-state index in [1.807, 2.05) is 0 Å². The summed E-state index contributed by atoms with van der Waals surface area (Å²) >= 11 is 5.83. The Kier molecular flexibility index (Phi) is 5.68. The number of nitrogens with two attached hydrogens (primary N) is 1. The molecule has 1 rings (SSSR count). The van der Waals surface area contributed by atoms with Gasteiger partial charge < -0.3 is 10.2 Å². The van der Waals surface area contributed by atoms with Crippen molar-refractivity contribution >= 4 is 35.8 Å². The lowest BCUT2D eigenvalue weighted by atomic mass is 10.2. The number of hydrogen-bond donors (Lipinski definition) is 2. The minimum atomic E-state index is -0.547. The predicted octanol–water partition coefficient (Wildman–Crippen LogP) is 2.40. The fourth-order valence-electron chi connectivity index (χ4n) is 0.993. The number of pyridine rings is 1. The predicted molar refractivity (Wildman–Crippen MR) is 69.5 cm³/mol. The molecule has 1 aromatic heterocycles. The first kappa shape index (κ1) is 16.0. The zero-order valence-electron chi connectivity index (χ0n) is 9.78. The number of anilines is 1. The zero-order chi connectivity index (χ0) is 12.3. The van der Waals surface area contributed by atoms with E-state index in [1.165, 1.54) is 12.3 Å². The highest BCUT2D eigenvalue weighted by molar-refractivity contribution is 6.33. The first-order valence-electron chi connectivity index (χ1n) is 4.69. The number of esters is 1. The van der Waals surface area contributed by atoms with E-state index < -0.39 is 11.6 Å². The molecule has 0 fully saturated rings. The fourth-order valence-corrected chi connectivity index (χ4v) is 1.21. The molecule has 1 aromatic rings. The average Bonchev–Trinajstić information content (AvgIpc) is 2.15. The first-order chi connectivity index (χ1) is 7.33. The van der Waals surface area contributed by atoms with Gasteiger partial charge in [-0.05, 0) is 26.8 Å². The molecular weight excluding hydrogens is 265 g/mol. The molecule has 0 unspecified atom stereocenters. The summed E-state index contributed by atoms with van der Waals surface area (Å²) in [6.07, 6.45) is 1.36. The molecule has 3 N–H and O–H groups in total. The van der Waals surface area contributed by atoms with E-state index in [1.54, 1.807) is 20.8 Å². The summed E-state index contributed by atoms with van der Waals surface area (Å²) in [6, 6.07) is 1.46. The third-order valence-corrected chi connectivity index (χ3v) is 1.90. The molecule has 1 heterocycles. The number of aromatic nitrogens is 1. The summed E-state index contributed by atoms with van der Waals surface area (Å²) in [7, 11) is 0. The lowest BCUT2D eigenvalue weighted by molar-refractivity contribution is 0.00691. The second-order valence-corrected chi connectivity index (χ2v) is 4.61. The van der Waals surface area contributed by atoms with Crippen molar-refractivity contribution in [2.45, 2.75) is 26.4 Å². The van der Waals surface area contributed by atoms with Crippen molar-refractivity contribution in [3.8, 4) is 0 Å². The minimum Gasteiger partial charge on any atom is -0.456 e. The third kappa shape index (κ3) is 4.77. The number of nitrogens with zero attached hydrogens (tertiary/aromatic N) is 1. The zero-order valence-corrected chi connectivity index (χ0v) is 11.4. The lowest BCUT2D eigenvalue weighted by Crippen LogP contribution is -2.24. The number of halogens is 2. The highest BCUT2D eigenvalue weighted by atomic mass is 35.5. The Labute approximate surface area is 111 Å². The van der Waals surface area contributed by atoms with Crippen LogP contribution in [0.15, 0.2) is 12.3 Å². The summed E-state index contributed by atoms with van der Waals surface area (Å²) < 4.78 is 5.16. The van der Waals surface area contributed by atoms with E-state index >= 15 is 0 Å². The van der Waals surface area contributed by atoms with Crippen LogP contribution in [0.1, 0.15) is 31.1 Å². The molecular formula is C10H15Cl2N3O2. The topological polar surface area (TPSA) is 77.2 Å². The van der Waals surface area contributed by atoms with Gasteiger partial charge in [0.15, 0.2) is 5.82 Å². The summed E-state index contributed by atoms with van der Waals surface area (Å²) in [5.74, 6) is 5.01. The maximum atomic E-state index is 11.6. The smallest absolute Gasteiger partial charge is 0.340 e. The Morgan fingerprint density at radius 3 is 2.53 bits per heavy atom. The quantitative estimate of drug-likeness (QED) is 0.494. The molecule has 0 atom stereocenters. The van der Waals surface area contributed by atoms with Gasteiger partial charge in [-0.25, -0.2) is 15.6 Å². The number of hydrogen-bond acceptors (Lipinski definition) is 5. The molecule has 96 valence electrons. The molecule has 0 saturated carbocycles. The van der Waals surface area contributed by atoms with Crippen LogP contribution >= 0.6 is 24.0 Å². The molecule has 0 aromatic carbocycles. The monoisotopic (exact) mass is 279 g/mol. The van der Waals surface area contributed by atoms with E-state index in [0.29, 0.717) is 11.4 Å². The average molecular weight is 280 g/mol. The Balaban J connectivity index is 0.00000256. The van der Waals surface area contributed by atoms with Gasteiger partial charge in [-0.1, -0.05) is 11.6 Å². The molecule has 0 spiro atoms. The molecule has 0 radical (unpaired) electrons. The Hall–Kier alpha value is -1.04. The van der Waals surface area contributed by atoms with Gasteiger partial charge in [0, 0.05) is 6.20 Å². The van der Waals surface area contributed by atoms with Gasteiger partial charge >= 0.3 is 5.97 Å². The van der Waals surface area contributed by atoms with E-state index in [-0.39, 0.29) is 17.4 Å². The minimum absolute atomic E-state index is 0. The van der Waals surface area contributed by atoms with Crippen LogP contribution < -0.4 is 11.3 Å². The SMILES string of the molecule is CC(C)(C)OC(=O)c1cnc(NN)c(Cl)c1.Cl. The molecule has 17 heavy (non-hydrogen) atoms. The van der Waals surface area contributed by atoms with Crippen molar-refractivity contribution in [2.75, 3.05) is 5.43 Å². The maximum absolute atomic E-state index is 11.6. The lowest BCUT2D eigenvalue weighted by Gasteiger charge is -2.19. The van der Waals surface area contributed by atoms with E-state index in [0.717, 1.165) is 0 Å². The molecule has 0 bridgehead atoms. The molecule has 5 nitrogen and oxygen atoms in total. The van der Waals surface area contributed by atoms with Gasteiger partial charge in [0.1, 0.15) is 5.60 Å². The number of hydrazine groups is 1. The largest absolute Gasteiger partial charge is 0.456 e. The number of nitrogens with one attached hydrogen (secondary N) is 1. The van der Waals surface area contributed by atoms with Crippen molar-refractivity contribution in [2.24, 2.45) is 5.84 Å². The summed E-state index contributed by atoms with van der Waals surface area (Å²) in [5, 5.41) is 0.269. The second kappa shape index (κ2) is 6.05. The Bertz CT molecular complexity index is 405. The second-order valence-electron chi connectivity index (χ2n) is 4.20. The van der Waals surface area contributed by atoms with Gasteiger partial charge in [-0.3, -0.25) is 0 Å². The van der Waals surface area contributed by atoms with Crippen molar-refractivity contribution in [3.63, 3.8) is 0 Å². The third-order valence-electron chi connectivity index (χ3n) is 1.61. The van der Waals surface area contributed by atoms with Crippen molar-refractivity contribution in [1.29, 1.82) is 0 Å². The van der Waals surface area contributed by atoms with Crippen LogP contribution in [-0.4, -0.2) is 16.6 Å². The van der Waals surface area contributed by atoms with Crippen LogP contribution in [0, 0.1) is 0 Å². The first-order valence-corrected chi connectivity index (χ1v) is 5.07. The number of rotatable bonds is 2. The molecule has 0 amide bonds. The Morgan fingerprint density at radius 2 is 2.12 bits per heavy atom. The summed E-state index contributed by atoms with van der Waals surface area (Å²) in [4.78, 5) is 15.5. The number of nitrogen functional groups attached to an aromatic ring is 1. The van der Waals surface area contributed by atoms with Crippen LogP contribution in [-0.2, 0) is 4.74 Å². The van der Waals surface area contributed by atoms with Crippen LogP contribution in [0.25, 0.3) is 0 Å². The highest BCUT2D eigenvalue weighted by Gasteiger charge is 2.18. The van der Waals surface area contributed by atoms with Gasteiger partial charge in [-0.2, -0.15) is 0 Å². The number of carbonyl (C=O) groups is 1.